The first-order valence-corrected chi connectivity index (χ1v) is 7.94. The standard InChI is InChI=1S/C16H20ClN3/c1-9(13-7-10-2-3-11(13)6-10)20-15-5-4-12(17)8-14(15)19-16(20)18/h4-5,8-11,13H,2-3,6-7H2,1H3,(H2,18,19). The van der Waals surface area contributed by atoms with E-state index in [2.05, 4.69) is 16.5 Å². The summed E-state index contributed by atoms with van der Waals surface area (Å²) in [6.45, 7) is 2.30. The molecule has 2 saturated carbocycles. The van der Waals surface area contributed by atoms with Crippen molar-refractivity contribution in [3.05, 3.63) is 23.2 Å². The highest BCUT2D eigenvalue weighted by atomic mass is 35.5. The van der Waals surface area contributed by atoms with Gasteiger partial charge in [-0.1, -0.05) is 18.0 Å². The van der Waals surface area contributed by atoms with E-state index in [0.29, 0.717) is 12.0 Å². The van der Waals surface area contributed by atoms with Crippen LogP contribution in [0, 0.1) is 17.8 Å². The molecule has 3 nitrogen and oxygen atoms in total. The Labute approximate surface area is 124 Å². The first-order valence-electron chi connectivity index (χ1n) is 7.56. The van der Waals surface area contributed by atoms with Crippen LogP contribution in [0.2, 0.25) is 5.02 Å². The lowest BCUT2D eigenvalue weighted by Crippen LogP contribution is -2.23. The number of anilines is 1. The summed E-state index contributed by atoms with van der Waals surface area (Å²) in [4.78, 5) is 4.48. The Morgan fingerprint density at radius 1 is 1.35 bits per heavy atom. The number of hydrogen-bond acceptors (Lipinski definition) is 2. The molecule has 4 atom stereocenters. The van der Waals surface area contributed by atoms with Crippen LogP contribution >= 0.6 is 11.6 Å². The fourth-order valence-electron chi connectivity index (χ4n) is 4.59. The van der Waals surface area contributed by atoms with E-state index in [1.54, 1.807) is 0 Å². The second-order valence-corrected chi connectivity index (χ2v) is 6.99. The van der Waals surface area contributed by atoms with Crippen LogP contribution in [0.4, 0.5) is 5.95 Å². The highest BCUT2D eigenvalue weighted by Crippen LogP contribution is 2.52. The highest BCUT2D eigenvalue weighted by molar-refractivity contribution is 6.31. The molecule has 0 saturated heterocycles. The van der Waals surface area contributed by atoms with E-state index >= 15 is 0 Å². The van der Waals surface area contributed by atoms with Gasteiger partial charge in [-0.05, 0) is 62.1 Å². The van der Waals surface area contributed by atoms with Gasteiger partial charge >= 0.3 is 0 Å². The predicted molar refractivity (Wildman–Crippen MR) is 82.8 cm³/mol. The third kappa shape index (κ3) is 1.76. The summed E-state index contributed by atoms with van der Waals surface area (Å²) in [5, 5.41) is 0.717. The van der Waals surface area contributed by atoms with Crippen molar-refractivity contribution in [2.75, 3.05) is 5.73 Å². The van der Waals surface area contributed by atoms with Crippen molar-refractivity contribution in [2.45, 2.75) is 38.6 Å². The van der Waals surface area contributed by atoms with Crippen molar-refractivity contribution < 1.29 is 0 Å². The first-order chi connectivity index (χ1) is 9.63. The second kappa shape index (κ2) is 4.39. The van der Waals surface area contributed by atoms with Crippen LogP contribution in [-0.2, 0) is 0 Å². The predicted octanol–water partition coefficient (Wildman–Crippen LogP) is 4.27. The highest BCUT2D eigenvalue weighted by Gasteiger charge is 2.42. The maximum atomic E-state index is 6.18. The molecule has 0 radical (unpaired) electrons. The normalized spacial score (nSPS) is 30.2. The van der Waals surface area contributed by atoms with Crippen molar-refractivity contribution in [1.29, 1.82) is 0 Å². The van der Waals surface area contributed by atoms with Crippen LogP contribution in [0.1, 0.15) is 38.6 Å². The van der Waals surface area contributed by atoms with Crippen LogP contribution in [0.25, 0.3) is 11.0 Å². The number of rotatable bonds is 2. The molecule has 2 aliphatic rings. The summed E-state index contributed by atoms with van der Waals surface area (Å²) in [7, 11) is 0. The Balaban J connectivity index is 1.76. The van der Waals surface area contributed by atoms with E-state index < -0.39 is 0 Å². The third-order valence-corrected chi connectivity index (χ3v) is 5.73. The van der Waals surface area contributed by atoms with Crippen LogP contribution in [0.15, 0.2) is 18.2 Å². The number of halogens is 1. The zero-order chi connectivity index (χ0) is 13.9. The average molecular weight is 290 g/mol. The minimum Gasteiger partial charge on any atom is -0.369 e. The molecule has 106 valence electrons. The monoisotopic (exact) mass is 289 g/mol. The molecule has 4 unspecified atom stereocenters. The molecular formula is C16H20ClN3. The molecular weight excluding hydrogens is 270 g/mol. The van der Waals surface area contributed by atoms with Crippen molar-refractivity contribution in [1.82, 2.24) is 9.55 Å². The second-order valence-electron chi connectivity index (χ2n) is 6.55. The van der Waals surface area contributed by atoms with E-state index in [0.717, 1.165) is 33.8 Å². The smallest absolute Gasteiger partial charge is 0.201 e. The van der Waals surface area contributed by atoms with Crippen LogP contribution in [-0.4, -0.2) is 9.55 Å². The van der Waals surface area contributed by atoms with Gasteiger partial charge in [-0.25, -0.2) is 4.98 Å². The van der Waals surface area contributed by atoms with E-state index in [1.807, 2.05) is 18.2 Å². The van der Waals surface area contributed by atoms with Crippen molar-refractivity contribution in [3.63, 3.8) is 0 Å². The van der Waals surface area contributed by atoms with Gasteiger partial charge in [0.05, 0.1) is 11.0 Å². The molecule has 1 heterocycles. The summed E-state index contributed by atoms with van der Waals surface area (Å²) < 4.78 is 2.22. The SMILES string of the molecule is CC(C1CC2CCC1C2)n1c(N)nc2cc(Cl)ccc21. The van der Waals surface area contributed by atoms with Gasteiger partial charge < -0.3 is 10.3 Å². The Morgan fingerprint density at radius 2 is 2.20 bits per heavy atom. The van der Waals surface area contributed by atoms with Crippen LogP contribution in [0.5, 0.6) is 0 Å². The Bertz CT molecular complexity index is 663. The molecule has 0 aliphatic heterocycles. The molecule has 1 aromatic heterocycles. The number of aromatic nitrogens is 2. The maximum Gasteiger partial charge on any atom is 0.201 e. The maximum absolute atomic E-state index is 6.18. The number of nitrogens with two attached hydrogens (primary N) is 1. The molecule has 2 fully saturated rings. The number of benzene rings is 1. The fourth-order valence-corrected chi connectivity index (χ4v) is 4.76. The fraction of sp³-hybridized carbons (Fsp3) is 0.562. The van der Waals surface area contributed by atoms with Gasteiger partial charge in [-0.15, -0.1) is 0 Å². The molecule has 4 heteroatoms. The molecule has 2 bridgehead atoms. The summed E-state index contributed by atoms with van der Waals surface area (Å²) in [6, 6.07) is 6.30. The Morgan fingerprint density at radius 3 is 2.90 bits per heavy atom. The molecule has 4 rings (SSSR count). The van der Waals surface area contributed by atoms with Crippen molar-refractivity contribution in [3.8, 4) is 0 Å². The number of nitrogens with zero attached hydrogens (tertiary/aromatic N) is 2. The zero-order valence-corrected chi connectivity index (χ0v) is 12.5. The van der Waals surface area contributed by atoms with Gasteiger partial charge in [0.2, 0.25) is 5.95 Å². The van der Waals surface area contributed by atoms with Gasteiger partial charge in [0.15, 0.2) is 0 Å². The van der Waals surface area contributed by atoms with Gasteiger partial charge in [-0.2, -0.15) is 0 Å². The Hall–Kier alpha value is -1.22. The lowest BCUT2D eigenvalue weighted by Gasteiger charge is -2.29. The Kier molecular flexibility index (Phi) is 2.75. The van der Waals surface area contributed by atoms with Crippen molar-refractivity contribution >= 4 is 28.6 Å². The minimum absolute atomic E-state index is 0.427. The average Bonchev–Trinajstić information content (AvgIpc) is 3.10. The van der Waals surface area contributed by atoms with E-state index in [4.69, 9.17) is 17.3 Å². The third-order valence-electron chi connectivity index (χ3n) is 5.50. The van der Waals surface area contributed by atoms with Gasteiger partial charge in [0, 0.05) is 11.1 Å². The molecule has 2 aromatic rings. The van der Waals surface area contributed by atoms with E-state index in [-0.39, 0.29) is 0 Å². The number of fused-ring (bicyclic) bond motifs is 3. The van der Waals surface area contributed by atoms with Crippen LogP contribution in [0.3, 0.4) is 0 Å². The number of hydrogen-bond donors (Lipinski definition) is 1. The van der Waals surface area contributed by atoms with E-state index in [1.165, 1.54) is 25.7 Å². The summed E-state index contributed by atoms with van der Waals surface area (Å²) in [5.74, 6) is 3.22. The van der Waals surface area contributed by atoms with Crippen LogP contribution < -0.4 is 5.73 Å². The molecule has 2 aliphatic carbocycles. The summed E-state index contributed by atoms with van der Waals surface area (Å²) >= 11 is 6.05. The largest absolute Gasteiger partial charge is 0.369 e. The van der Waals surface area contributed by atoms with Crippen molar-refractivity contribution in [2.24, 2.45) is 17.8 Å². The molecule has 1 aromatic carbocycles. The number of nitrogen functional groups attached to an aromatic ring is 1. The number of imidazole rings is 1. The summed E-state index contributed by atoms with van der Waals surface area (Å²) in [5.41, 5.74) is 8.20. The van der Waals surface area contributed by atoms with Gasteiger partial charge in [0.1, 0.15) is 0 Å². The molecule has 20 heavy (non-hydrogen) atoms. The first kappa shape index (κ1) is 12.5. The molecule has 0 spiro atoms. The minimum atomic E-state index is 0.427. The summed E-state index contributed by atoms with van der Waals surface area (Å²) in [6.07, 6.45) is 5.62. The van der Waals surface area contributed by atoms with Gasteiger partial charge in [-0.3, -0.25) is 0 Å². The topological polar surface area (TPSA) is 43.8 Å². The lowest BCUT2D eigenvalue weighted by atomic mass is 9.84. The van der Waals surface area contributed by atoms with E-state index in [9.17, 15) is 0 Å². The molecule has 2 N–H and O–H groups in total. The molecule has 0 amide bonds. The lowest BCUT2D eigenvalue weighted by molar-refractivity contribution is 0.248. The zero-order valence-electron chi connectivity index (χ0n) is 11.7. The van der Waals surface area contributed by atoms with Gasteiger partial charge in [0.25, 0.3) is 0 Å². The quantitative estimate of drug-likeness (QED) is 0.897.